The molecular formula is C17H17NO3. The van der Waals surface area contributed by atoms with E-state index in [1.54, 1.807) is 14.0 Å². The Labute approximate surface area is 123 Å². The highest BCUT2D eigenvalue weighted by atomic mass is 16.7. The summed E-state index contributed by atoms with van der Waals surface area (Å²) in [5, 5.41) is 14.6. The van der Waals surface area contributed by atoms with E-state index >= 15 is 0 Å². The van der Waals surface area contributed by atoms with Crippen molar-refractivity contribution in [3.05, 3.63) is 65.7 Å². The van der Waals surface area contributed by atoms with Crippen molar-refractivity contribution in [2.24, 2.45) is 5.16 Å². The third-order valence-corrected chi connectivity index (χ3v) is 3.66. The van der Waals surface area contributed by atoms with Crippen molar-refractivity contribution in [2.75, 3.05) is 7.11 Å². The van der Waals surface area contributed by atoms with Crippen LogP contribution in [0, 0.1) is 0 Å². The lowest BCUT2D eigenvalue weighted by molar-refractivity contribution is -0.179. The van der Waals surface area contributed by atoms with Crippen LogP contribution in [-0.2, 0) is 4.84 Å². The minimum absolute atomic E-state index is 0.327. The van der Waals surface area contributed by atoms with E-state index in [4.69, 9.17) is 9.57 Å². The molecule has 2 unspecified atom stereocenters. The third kappa shape index (κ3) is 2.50. The molecule has 0 aromatic heterocycles. The quantitative estimate of drug-likeness (QED) is 0.942. The molecule has 2 atom stereocenters. The fraction of sp³-hybridized carbons (Fsp3) is 0.235. The number of hydrogen-bond donors (Lipinski definition) is 1. The highest BCUT2D eigenvalue weighted by molar-refractivity contribution is 6.06. The number of rotatable bonds is 3. The van der Waals surface area contributed by atoms with Gasteiger partial charge in [0.15, 0.2) is 0 Å². The minimum Gasteiger partial charge on any atom is -0.497 e. The van der Waals surface area contributed by atoms with Gasteiger partial charge in [-0.1, -0.05) is 35.5 Å². The van der Waals surface area contributed by atoms with Crippen LogP contribution in [0.3, 0.4) is 0 Å². The first-order chi connectivity index (χ1) is 10.1. The van der Waals surface area contributed by atoms with Crippen molar-refractivity contribution < 1.29 is 14.7 Å². The van der Waals surface area contributed by atoms with Crippen molar-refractivity contribution >= 4 is 5.71 Å². The van der Waals surface area contributed by atoms with Crippen molar-refractivity contribution in [3.63, 3.8) is 0 Å². The lowest BCUT2D eigenvalue weighted by Gasteiger charge is -2.24. The second-order valence-corrected chi connectivity index (χ2v) is 5.19. The normalized spacial score (nSPS) is 24.3. The highest BCUT2D eigenvalue weighted by Gasteiger charge is 2.45. The Balaban J connectivity index is 2.00. The van der Waals surface area contributed by atoms with Crippen LogP contribution in [-0.4, -0.2) is 23.7 Å². The van der Waals surface area contributed by atoms with Gasteiger partial charge in [0.1, 0.15) is 11.5 Å². The van der Waals surface area contributed by atoms with E-state index in [1.165, 1.54) is 0 Å². The molecule has 0 saturated carbocycles. The third-order valence-electron chi connectivity index (χ3n) is 3.66. The smallest absolute Gasteiger partial charge is 0.244 e. The average Bonchev–Trinajstić information content (AvgIpc) is 2.83. The lowest BCUT2D eigenvalue weighted by Crippen LogP contribution is -2.33. The summed E-state index contributed by atoms with van der Waals surface area (Å²) in [6, 6.07) is 17.3. The van der Waals surface area contributed by atoms with Gasteiger partial charge in [-0.2, -0.15) is 0 Å². The standard InChI is InChI=1S/C17H17NO3/c1-17(19)15(12-6-4-3-5-7-12)16(18-21-17)13-8-10-14(20-2)11-9-13/h3-11,15,19H,1-2H3. The number of nitrogens with zero attached hydrogens (tertiary/aromatic N) is 1. The summed E-state index contributed by atoms with van der Waals surface area (Å²) >= 11 is 0. The Morgan fingerprint density at radius 1 is 1.10 bits per heavy atom. The molecule has 0 saturated heterocycles. The van der Waals surface area contributed by atoms with Gasteiger partial charge >= 0.3 is 0 Å². The number of hydrogen-bond acceptors (Lipinski definition) is 4. The summed E-state index contributed by atoms with van der Waals surface area (Å²) < 4.78 is 5.16. The Kier molecular flexibility index (Phi) is 3.39. The Morgan fingerprint density at radius 3 is 2.38 bits per heavy atom. The maximum absolute atomic E-state index is 10.5. The number of methoxy groups -OCH3 is 1. The molecule has 108 valence electrons. The zero-order valence-electron chi connectivity index (χ0n) is 12.0. The molecule has 0 fully saturated rings. The van der Waals surface area contributed by atoms with Crippen LogP contribution >= 0.6 is 0 Å². The van der Waals surface area contributed by atoms with Gasteiger partial charge < -0.3 is 14.7 Å². The predicted octanol–water partition coefficient (Wildman–Crippen LogP) is 2.92. The van der Waals surface area contributed by atoms with Gasteiger partial charge in [0.05, 0.1) is 13.0 Å². The predicted molar refractivity (Wildman–Crippen MR) is 80.4 cm³/mol. The van der Waals surface area contributed by atoms with Crippen LogP contribution < -0.4 is 4.74 Å². The number of benzene rings is 2. The van der Waals surface area contributed by atoms with Crippen LogP contribution in [0.2, 0.25) is 0 Å². The fourth-order valence-electron chi connectivity index (χ4n) is 2.59. The van der Waals surface area contributed by atoms with Gasteiger partial charge in [-0.05, 0) is 29.8 Å². The molecule has 2 aromatic carbocycles. The molecule has 21 heavy (non-hydrogen) atoms. The van der Waals surface area contributed by atoms with E-state index in [-0.39, 0.29) is 5.92 Å². The maximum atomic E-state index is 10.5. The van der Waals surface area contributed by atoms with Crippen molar-refractivity contribution in [3.8, 4) is 5.75 Å². The van der Waals surface area contributed by atoms with E-state index in [1.807, 2.05) is 54.6 Å². The summed E-state index contributed by atoms with van der Waals surface area (Å²) in [6.07, 6.45) is 0. The fourth-order valence-corrected chi connectivity index (χ4v) is 2.59. The Bertz CT molecular complexity index is 647. The van der Waals surface area contributed by atoms with Gasteiger partial charge in [0.25, 0.3) is 0 Å². The summed E-state index contributed by atoms with van der Waals surface area (Å²) in [5.74, 6) is -0.898. The first kappa shape index (κ1) is 13.6. The van der Waals surface area contributed by atoms with Crippen LogP contribution in [0.1, 0.15) is 24.0 Å². The van der Waals surface area contributed by atoms with Gasteiger partial charge in [-0.15, -0.1) is 0 Å². The van der Waals surface area contributed by atoms with Crippen molar-refractivity contribution in [2.45, 2.75) is 18.6 Å². The summed E-state index contributed by atoms with van der Waals surface area (Å²) in [4.78, 5) is 5.24. The molecule has 2 aromatic rings. The van der Waals surface area contributed by atoms with Crippen molar-refractivity contribution in [1.29, 1.82) is 0 Å². The Hall–Kier alpha value is -2.33. The molecule has 1 aliphatic rings. The zero-order chi connectivity index (χ0) is 14.9. The first-order valence-corrected chi connectivity index (χ1v) is 6.79. The molecule has 3 rings (SSSR count). The second kappa shape index (κ2) is 5.22. The summed E-state index contributed by atoms with van der Waals surface area (Å²) in [7, 11) is 1.63. The van der Waals surface area contributed by atoms with Gasteiger partial charge in [-0.25, -0.2) is 0 Å². The zero-order valence-corrected chi connectivity index (χ0v) is 12.0. The summed E-state index contributed by atoms with van der Waals surface area (Å²) in [5.41, 5.74) is 2.59. The highest BCUT2D eigenvalue weighted by Crippen LogP contribution is 2.38. The molecule has 1 aliphatic heterocycles. The average molecular weight is 283 g/mol. The van der Waals surface area contributed by atoms with Crippen LogP contribution in [0.5, 0.6) is 5.75 Å². The Morgan fingerprint density at radius 2 is 1.76 bits per heavy atom. The molecule has 1 N–H and O–H groups in total. The minimum atomic E-state index is -1.35. The van der Waals surface area contributed by atoms with Crippen LogP contribution in [0.15, 0.2) is 59.8 Å². The van der Waals surface area contributed by atoms with E-state index < -0.39 is 5.79 Å². The molecule has 1 heterocycles. The van der Waals surface area contributed by atoms with E-state index in [0.717, 1.165) is 16.9 Å². The number of oxime groups is 1. The maximum Gasteiger partial charge on any atom is 0.244 e. The number of ether oxygens (including phenoxy) is 1. The monoisotopic (exact) mass is 283 g/mol. The van der Waals surface area contributed by atoms with E-state index in [0.29, 0.717) is 5.71 Å². The molecule has 0 bridgehead atoms. The van der Waals surface area contributed by atoms with E-state index in [2.05, 4.69) is 5.16 Å². The molecule has 0 spiro atoms. The summed E-state index contributed by atoms with van der Waals surface area (Å²) in [6.45, 7) is 1.63. The molecule has 0 radical (unpaired) electrons. The van der Waals surface area contributed by atoms with Crippen LogP contribution in [0.4, 0.5) is 0 Å². The largest absolute Gasteiger partial charge is 0.497 e. The molecule has 0 amide bonds. The molecule has 0 aliphatic carbocycles. The first-order valence-electron chi connectivity index (χ1n) is 6.79. The molecular weight excluding hydrogens is 266 g/mol. The van der Waals surface area contributed by atoms with Crippen LogP contribution in [0.25, 0.3) is 0 Å². The van der Waals surface area contributed by atoms with Gasteiger partial charge in [-0.3, -0.25) is 0 Å². The van der Waals surface area contributed by atoms with Crippen molar-refractivity contribution in [1.82, 2.24) is 0 Å². The number of aliphatic hydroxyl groups is 1. The molecule has 4 heteroatoms. The van der Waals surface area contributed by atoms with Gasteiger partial charge in [0, 0.05) is 12.5 Å². The second-order valence-electron chi connectivity index (χ2n) is 5.19. The SMILES string of the molecule is COc1ccc(C2=NOC(C)(O)C2c2ccccc2)cc1. The van der Waals surface area contributed by atoms with E-state index in [9.17, 15) is 5.11 Å². The van der Waals surface area contributed by atoms with Gasteiger partial charge in [0.2, 0.25) is 5.79 Å². The molecule has 4 nitrogen and oxygen atoms in total. The lowest BCUT2D eigenvalue weighted by atomic mass is 9.85. The topological polar surface area (TPSA) is 51.0 Å².